The standard InChI is InChI=1S/C27H29FN4S.C26H29BrFN3S.C23H22BrClN2S.C23H24ClN3O/c28-25-6-3-5-24(27-30-10-15-32(27)14-4-13-31-11-1-2-12-31)23(25)8-7-21-17-20(19-29)18-22-9-16-33-26(21)22;27-21-17-19(25-20(18-21)9-16-32-25)7-8-22-23(5-3-6-24(22)28)26-29-10-15-31(26)14-4-13-30-11-1-2-12-30;24-16-12-14(22-15(13-16)10-11-28-22)8-9-17-18(4-3-5-19(17)25)23-26-20-6-1-2-7-21(20)27-23;1-28-22-12-9-15(14-25)13-16(22)10-11-17-18(5-4-6-19(17)24)23-26-20-7-2-3-8-21(20)27-23/h3,5-6,9,16-18H,1-2,4,7-8,10-15H2;3,5-6,9,16-18H,1-2,4,7-8,10-15H2;3-5,10-13,20-21H,1-2,6-9H2,(H,26,27);4-6,9,12-13,20-21H,2-3,7-8,10-11H2,1H3,(H,26,27)/t;;2*20-,21-/m..00/s1. The van der Waals surface area contributed by atoms with Gasteiger partial charge in [-0.2, -0.15) is 10.5 Å². The zero-order chi connectivity index (χ0) is 83.1. The molecule has 0 spiro atoms. The number of hydrogen-bond donors (Lipinski definition) is 2. The third-order valence-electron chi connectivity index (χ3n) is 25.2. The number of aryl methyl sites for hydroxylation is 4. The number of amidine groups is 4. The highest BCUT2D eigenvalue weighted by molar-refractivity contribution is 9.10. The molecule has 13 nitrogen and oxygen atoms in total. The Kier molecular flexibility index (Phi) is 29.5. The fraction of sp³-hybridized carbons (Fsp3) is 0.394. The fourth-order valence-corrected chi connectivity index (χ4v) is 23.4. The minimum absolute atomic E-state index is 0.119. The smallest absolute Gasteiger partial charge is 0.131 e. The van der Waals surface area contributed by atoms with Crippen molar-refractivity contribution in [1.82, 2.24) is 30.2 Å². The average molecular weight is 1840 g/mol. The molecule has 4 atom stereocenters. The number of rotatable bonds is 25. The minimum atomic E-state index is -0.169. The molecule has 0 radical (unpaired) electrons. The summed E-state index contributed by atoms with van der Waals surface area (Å²) in [7, 11) is 1.66. The summed E-state index contributed by atoms with van der Waals surface area (Å²) < 4.78 is 41.7. The Labute approximate surface area is 749 Å². The van der Waals surface area contributed by atoms with E-state index < -0.39 is 0 Å². The number of aliphatic imine (C=N–C) groups is 4. The summed E-state index contributed by atoms with van der Waals surface area (Å²) in [5, 5.41) is 37.5. The van der Waals surface area contributed by atoms with Gasteiger partial charge in [-0.15, -0.1) is 34.0 Å². The molecule has 19 rings (SSSR count). The van der Waals surface area contributed by atoms with Gasteiger partial charge in [0.15, 0.2) is 0 Å². The first-order chi connectivity index (χ1) is 59.3. The predicted molar refractivity (Wildman–Crippen MR) is 507 cm³/mol. The van der Waals surface area contributed by atoms with Crippen molar-refractivity contribution in [2.75, 3.05) is 85.6 Å². The van der Waals surface area contributed by atoms with Gasteiger partial charge >= 0.3 is 0 Å². The zero-order valence-electron chi connectivity index (χ0n) is 68.8. The van der Waals surface area contributed by atoms with Gasteiger partial charge in [0.1, 0.15) is 40.7 Å². The van der Waals surface area contributed by atoms with Crippen LogP contribution in [-0.4, -0.2) is 153 Å². The van der Waals surface area contributed by atoms with Crippen molar-refractivity contribution in [2.24, 2.45) is 20.0 Å². The van der Waals surface area contributed by atoms with E-state index in [1.807, 2.05) is 78.1 Å². The van der Waals surface area contributed by atoms with Crippen LogP contribution < -0.4 is 15.4 Å². The van der Waals surface area contributed by atoms with Gasteiger partial charge in [-0.1, -0.05) is 129 Å². The van der Waals surface area contributed by atoms with Crippen molar-refractivity contribution in [3.8, 4) is 17.9 Å². The summed E-state index contributed by atoms with van der Waals surface area (Å²) in [4.78, 5) is 29.4. The van der Waals surface area contributed by atoms with E-state index in [1.165, 1.54) is 144 Å². The topological polar surface area (TPSA) is 143 Å². The van der Waals surface area contributed by atoms with Gasteiger partial charge in [0.2, 0.25) is 0 Å². The number of ether oxygens (including phenoxy) is 1. The Morgan fingerprint density at radius 1 is 0.446 bits per heavy atom. The van der Waals surface area contributed by atoms with Crippen molar-refractivity contribution < 1.29 is 13.5 Å². The number of nitrogens with one attached hydrogen (secondary N) is 2. The van der Waals surface area contributed by atoms with E-state index in [9.17, 15) is 10.5 Å². The molecule has 8 aromatic carbocycles. The molecule has 3 aromatic heterocycles. The predicted octanol–water partition coefficient (Wildman–Crippen LogP) is 22.8. The molecule has 2 aliphatic carbocycles. The van der Waals surface area contributed by atoms with E-state index in [4.69, 9.17) is 47.9 Å². The molecular formula is C99H104Br2Cl2F2N12OS3. The summed E-state index contributed by atoms with van der Waals surface area (Å²) in [6, 6.07) is 53.9. The van der Waals surface area contributed by atoms with Crippen LogP contribution in [0.2, 0.25) is 10.0 Å². The minimum Gasteiger partial charge on any atom is -0.496 e. The van der Waals surface area contributed by atoms with Crippen LogP contribution in [0, 0.1) is 34.3 Å². The number of halogens is 6. The third-order valence-corrected chi connectivity index (χ3v) is 29.8. The first kappa shape index (κ1) is 86.2. The lowest BCUT2D eigenvalue weighted by Gasteiger charge is -2.24. The number of fused-ring (bicyclic) bond motifs is 5. The monoisotopic (exact) mass is 1840 g/mol. The van der Waals surface area contributed by atoms with Crippen LogP contribution in [0.4, 0.5) is 8.78 Å². The highest BCUT2D eigenvalue weighted by Crippen LogP contribution is 2.38. The summed E-state index contributed by atoms with van der Waals surface area (Å²) >= 11 is 25.8. The molecule has 0 bridgehead atoms. The second-order valence-corrected chi connectivity index (χ2v) is 38.3. The summed E-state index contributed by atoms with van der Waals surface area (Å²) in [5.41, 5.74) is 14.1. The third kappa shape index (κ3) is 21.0. The lowest BCUT2D eigenvalue weighted by Crippen LogP contribution is -2.37. The summed E-state index contributed by atoms with van der Waals surface area (Å²) in [6.45, 7) is 12.6. The van der Waals surface area contributed by atoms with E-state index in [1.54, 1.807) is 54.0 Å². The quantitative estimate of drug-likeness (QED) is 0.0572. The molecule has 121 heavy (non-hydrogen) atoms. The molecule has 0 amide bonds. The Morgan fingerprint density at radius 2 is 0.860 bits per heavy atom. The van der Waals surface area contributed by atoms with Crippen LogP contribution >= 0.6 is 89.1 Å². The van der Waals surface area contributed by atoms with Gasteiger partial charge in [0, 0.05) is 93.6 Å². The second kappa shape index (κ2) is 41.4. The second-order valence-electron chi connectivity index (χ2n) is 32.9. The van der Waals surface area contributed by atoms with Gasteiger partial charge in [-0.05, 0) is 329 Å². The number of likely N-dealkylation sites (tertiary alicyclic amines) is 2. The lowest BCUT2D eigenvalue weighted by molar-refractivity contribution is 0.313. The average Bonchev–Trinajstić information content (AvgIpc) is 1.71. The first-order valence-corrected chi connectivity index (χ1v) is 48.4. The first-order valence-electron chi connectivity index (χ1n) is 43.4. The van der Waals surface area contributed by atoms with Crippen LogP contribution in [-0.2, 0) is 51.4 Å². The zero-order valence-corrected chi connectivity index (χ0v) is 75.9. The van der Waals surface area contributed by atoms with Gasteiger partial charge in [-0.3, -0.25) is 20.0 Å². The molecule has 2 N–H and O–H groups in total. The van der Waals surface area contributed by atoms with E-state index in [2.05, 4.69) is 145 Å². The van der Waals surface area contributed by atoms with Crippen molar-refractivity contribution in [3.05, 3.63) is 270 Å². The maximum absolute atomic E-state index is 15.1. The number of hydrogen-bond acceptors (Lipinski definition) is 16. The summed E-state index contributed by atoms with van der Waals surface area (Å²) in [6.07, 6.45) is 23.6. The van der Waals surface area contributed by atoms with Crippen LogP contribution in [0.3, 0.4) is 0 Å². The molecular weight excluding hydrogens is 1740 g/mol. The number of nitriles is 2. The molecule has 8 aliphatic rings. The SMILES string of the molecule is COc1ccc(C#N)cc1CCc1c(Cl)cccc1C1=N[C@H]2CCCC[C@@H]2N1.Clc1cccc(C2=N[C@H]3CCCC[C@@H]3N2)c1CCc1cc(Br)cc2ccsc12.Fc1cccc(C2=NCCN2CCCN2CCCC2)c1CCc1cc(Br)cc2ccsc12.N#Cc1cc(CCc2c(F)cccc2C2=NCCN2CCCN2CCCC2)c2sccc2c1. The molecule has 4 fully saturated rings. The maximum Gasteiger partial charge on any atom is 0.131 e. The number of benzene rings is 8. The molecule has 0 unspecified atom stereocenters. The van der Waals surface area contributed by atoms with Crippen LogP contribution in [0.15, 0.2) is 191 Å². The Balaban J connectivity index is 0.000000120. The largest absolute Gasteiger partial charge is 0.496 e. The Morgan fingerprint density at radius 3 is 1.31 bits per heavy atom. The van der Waals surface area contributed by atoms with Crippen LogP contribution in [0.1, 0.15) is 168 Å². The van der Waals surface area contributed by atoms with Crippen molar-refractivity contribution >= 4 is 143 Å². The molecule has 6 aliphatic heterocycles. The van der Waals surface area contributed by atoms with E-state index in [-0.39, 0.29) is 11.6 Å². The normalized spacial score (nSPS) is 18.7. The number of thiophene rings is 3. The van der Waals surface area contributed by atoms with Crippen molar-refractivity contribution in [1.29, 1.82) is 10.5 Å². The van der Waals surface area contributed by atoms with Crippen molar-refractivity contribution in [3.63, 3.8) is 0 Å². The molecule has 2 saturated heterocycles. The Bertz CT molecular complexity index is 5720. The van der Waals surface area contributed by atoms with Crippen molar-refractivity contribution in [2.45, 2.75) is 165 Å². The molecule has 22 heteroatoms. The summed E-state index contributed by atoms with van der Waals surface area (Å²) in [5.74, 6) is 4.46. The Hall–Kier alpha value is -8.38. The highest BCUT2D eigenvalue weighted by atomic mass is 79.9. The van der Waals surface area contributed by atoms with Gasteiger partial charge in [0.25, 0.3) is 0 Å². The van der Waals surface area contributed by atoms with E-state index in [0.29, 0.717) is 54.6 Å². The molecule has 626 valence electrons. The fourth-order valence-electron chi connectivity index (χ4n) is 19.0. The van der Waals surface area contributed by atoms with Crippen LogP contribution in [0.5, 0.6) is 5.75 Å². The van der Waals surface area contributed by atoms with E-state index >= 15 is 8.78 Å². The number of nitrogens with zero attached hydrogens (tertiary/aromatic N) is 10. The highest BCUT2D eigenvalue weighted by Gasteiger charge is 2.35. The molecule has 2 saturated carbocycles. The maximum atomic E-state index is 15.1. The molecule has 11 aromatic rings. The van der Waals surface area contributed by atoms with E-state index in [0.717, 1.165) is 202 Å². The van der Waals surface area contributed by atoms with Crippen LogP contribution in [0.25, 0.3) is 30.3 Å². The van der Waals surface area contributed by atoms with Gasteiger partial charge in [-0.25, -0.2) is 8.78 Å². The number of methoxy groups -OCH3 is 1. The molecule has 9 heterocycles. The van der Waals surface area contributed by atoms with Gasteiger partial charge in [0.05, 0.1) is 55.5 Å². The van der Waals surface area contributed by atoms with Gasteiger partial charge < -0.3 is 35.0 Å². The lowest BCUT2D eigenvalue weighted by atomic mass is 9.92.